The SMILES string of the molecule is CCOc1ccccc1NC(=O)CSc1nc(C)nc2sc3c(c12)CC[C@@H](C)C3. The Kier molecular flexibility index (Phi) is 6.06. The first-order valence-corrected chi connectivity index (χ1v) is 11.8. The van der Waals surface area contributed by atoms with E-state index < -0.39 is 0 Å². The van der Waals surface area contributed by atoms with Crippen molar-refractivity contribution in [3.05, 3.63) is 40.5 Å². The summed E-state index contributed by atoms with van der Waals surface area (Å²) in [6, 6.07) is 7.51. The highest BCUT2D eigenvalue weighted by Gasteiger charge is 2.24. The third kappa shape index (κ3) is 4.41. The molecule has 1 aromatic carbocycles. The van der Waals surface area contributed by atoms with Gasteiger partial charge in [0.1, 0.15) is 21.4 Å². The van der Waals surface area contributed by atoms with Gasteiger partial charge in [-0.15, -0.1) is 11.3 Å². The predicted molar refractivity (Wildman–Crippen MR) is 120 cm³/mol. The highest BCUT2D eigenvalue weighted by molar-refractivity contribution is 8.00. The van der Waals surface area contributed by atoms with Crippen molar-refractivity contribution in [3.8, 4) is 5.75 Å². The molecule has 0 radical (unpaired) electrons. The van der Waals surface area contributed by atoms with Crippen LogP contribution in [0.25, 0.3) is 10.2 Å². The first-order valence-electron chi connectivity index (χ1n) is 9.98. The number of hydrogen-bond donors (Lipinski definition) is 1. The van der Waals surface area contributed by atoms with E-state index in [0.717, 1.165) is 39.8 Å². The number of carbonyl (C=O) groups excluding carboxylic acids is 1. The summed E-state index contributed by atoms with van der Waals surface area (Å²) in [6.07, 6.45) is 3.39. The molecule has 1 atom stereocenters. The van der Waals surface area contributed by atoms with Gasteiger partial charge in [0.25, 0.3) is 0 Å². The highest BCUT2D eigenvalue weighted by Crippen LogP contribution is 2.41. The van der Waals surface area contributed by atoms with Crippen LogP contribution in [0.4, 0.5) is 5.69 Å². The molecule has 1 N–H and O–H groups in total. The lowest BCUT2D eigenvalue weighted by molar-refractivity contribution is -0.113. The summed E-state index contributed by atoms with van der Waals surface area (Å²) < 4.78 is 5.59. The van der Waals surface area contributed by atoms with Crippen LogP contribution >= 0.6 is 23.1 Å². The largest absolute Gasteiger partial charge is 0.492 e. The van der Waals surface area contributed by atoms with Gasteiger partial charge in [-0.2, -0.15) is 0 Å². The first kappa shape index (κ1) is 20.2. The third-order valence-corrected chi connectivity index (χ3v) is 7.16. The number of ether oxygens (including phenoxy) is 1. The summed E-state index contributed by atoms with van der Waals surface area (Å²) in [5.41, 5.74) is 2.10. The molecule has 29 heavy (non-hydrogen) atoms. The average molecular weight is 428 g/mol. The van der Waals surface area contributed by atoms with E-state index in [0.29, 0.717) is 23.8 Å². The summed E-state index contributed by atoms with van der Waals surface area (Å²) in [6.45, 7) is 6.72. The van der Waals surface area contributed by atoms with Crippen LogP contribution in [0.3, 0.4) is 0 Å². The smallest absolute Gasteiger partial charge is 0.234 e. The molecule has 3 aromatic rings. The van der Waals surface area contributed by atoms with Crippen LogP contribution in [0, 0.1) is 12.8 Å². The number of thiophene rings is 1. The number of fused-ring (bicyclic) bond motifs is 3. The monoisotopic (exact) mass is 427 g/mol. The standard InChI is InChI=1S/C22H25N3O2S2/c1-4-27-17-8-6-5-7-16(17)25-19(26)12-28-21-20-15-10-9-13(2)11-18(15)29-22(20)24-14(3)23-21/h5-8,13H,4,9-12H2,1-3H3,(H,25,26)/t13-/m1/s1. The third-order valence-electron chi connectivity index (χ3n) is 5.03. The lowest BCUT2D eigenvalue weighted by Gasteiger charge is -2.18. The van der Waals surface area contributed by atoms with Crippen LogP contribution in [0.15, 0.2) is 29.3 Å². The number of para-hydroxylation sites is 2. The second-order valence-corrected chi connectivity index (χ2v) is 9.42. The molecule has 0 saturated heterocycles. The average Bonchev–Trinajstić information content (AvgIpc) is 3.04. The molecule has 152 valence electrons. The predicted octanol–water partition coefficient (Wildman–Crippen LogP) is 5.25. The Bertz CT molecular complexity index is 1050. The maximum Gasteiger partial charge on any atom is 0.234 e. The Morgan fingerprint density at radius 3 is 3.00 bits per heavy atom. The molecule has 4 rings (SSSR count). The second-order valence-electron chi connectivity index (χ2n) is 7.37. The molecular formula is C22H25N3O2S2. The molecule has 2 heterocycles. The van der Waals surface area contributed by atoms with Gasteiger partial charge in [-0.1, -0.05) is 30.8 Å². The van der Waals surface area contributed by atoms with Crippen molar-refractivity contribution in [2.24, 2.45) is 5.92 Å². The number of carbonyl (C=O) groups is 1. The lowest BCUT2D eigenvalue weighted by atomic mass is 9.89. The van der Waals surface area contributed by atoms with Crippen LogP contribution in [-0.2, 0) is 17.6 Å². The van der Waals surface area contributed by atoms with Gasteiger partial charge in [0.15, 0.2) is 0 Å². The van der Waals surface area contributed by atoms with Crippen molar-refractivity contribution in [1.29, 1.82) is 0 Å². The molecule has 0 fully saturated rings. The molecule has 2 aromatic heterocycles. The number of nitrogens with one attached hydrogen (secondary N) is 1. The Morgan fingerprint density at radius 2 is 2.17 bits per heavy atom. The number of hydrogen-bond acceptors (Lipinski definition) is 6. The van der Waals surface area contributed by atoms with Crippen molar-refractivity contribution in [3.63, 3.8) is 0 Å². The van der Waals surface area contributed by atoms with Crippen LogP contribution in [0.5, 0.6) is 5.75 Å². The van der Waals surface area contributed by atoms with Crippen molar-refractivity contribution in [2.45, 2.75) is 45.1 Å². The van der Waals surface area contributed by atoms with Gasteiger partial charge >= 0.3 is 0 Å². The summed E-state index contributed by atoms with van der Waals surface area (Å²) in [5.74, 6) is 2.40. The van der Waals surface area contributed by atoms with E-state index in [1.54, 1.807) is 11.3 Å². The summed E-state index contributed by atoms with van der Waals surface area (Å²) >= 11 is 3.29. The molecule has 0 unspecified atom stereocenters. The van der Waals surface area contributed by atoms with Gasteiger partial charge in [-0.05, 0) is 56.7 Å². The molecule has 0 saturated carbocycles. The number of anilines is 1. The van der Waals surface area contributed by atoms with Crippen LogP contribution < -0.4 is 10.1 Å². The van der Waals surface area contributed by atoms with Crippen molar-refractivity contribution in [1.82, 2.24) is 9.97 Å². The molecule has 5 nitrogen and oxygen atoms in total. The fourth-order valence-electron chi connectivity index (χ4n) is 3.69. The zero-order chi connectivity index (χ0) is 20.4. The summed E-state index contributed by atoms with van der Waals surface area (Å²) in [4.78, 5) is 24.5. The van der Waals surface area contributed by atoms with E-state index in [9.17, 15) is 4.79 Å². The van der Waals surface area contributed by atoms with Crippen LogP contribution in [0.1, 0.15) is 36.5 Å². The number of amides is 1. The topological polar surface area (TPSA) is 64.1 Å². The van der Waals surface area contributed by atoms with Gasteiger partial charge in [0, 0.05) is 10.3 Å². The second kappa shape index (κ2) is 8.71. The minimum atomic E-state index is -0.0655. The first-order chi connectivity index (χ1) is 14.0. The van der Waals surface area contributed by atoms with E-state index >= 15 is 0 Å². The van der Waals surface area contributed by atoms with Crippen molar-refractivity contribution < 1.29 is 9.53 Å². The molecule has 1 aliphatic carbocycles. The highest BCUT2D eigenvalue weighted by atomic mass is 32.2. The van der Waals surface area contributed by atoms with Gasteiger partial charge in [-0.3, -0.25) is 4.79 Å². The van der Waals surface area contributed by atoms with E-state index in [1.807, 2.05) is 38.1 Å². The molecule has 7 heteroatoms. The van der Waals surface area contributed by atoms with Crippen molar-refractivity contribution in [2.75, 3.05) is 17.7 Å². The van der Waals surface area contributed by atoms with E-state index in [2.05, 4.69) is 22.2 Å². The molecule has 1 aliphatic rings. The van der Waals surface area contributed by atoms with E-state index in [-0.39, 0.29) is 5.91 Å². The Balaban J connectivity index is 1.53. The number of thioether (sulfide) groups is 1. The fourth-order valence-corrected chi connectivity index (χ4v) is 6.08. The summed E-state index contributed by atoms with van der Waals surface area (Å²) in [7, 11) is 0. The Hall–Kier alpha value is -2.12. The Morgan fingerprint density at radius 1 is 1.34 bits per heavy atom. The van der Waals surface area contributed by atoms with Crippen LogP contribution in [-0.4, -0.2) is 28.2 Å². The number of aryl methyl sites for hydroxylation is 2. The molecule has 0 aliphatic heterocycles. The van der Waals surface area contributed by atoms with Gasteiger partial charge in [0.2, 0.25) is 5.91 Å². The lowest BCUT2D eigenvalue weighted by Crippen LogP contribution is -2.15. The quantitative estimate of drug-likeness (QED) is 0.430. The number of benzene rings is 1. The molecule has 1 amide bonds. The van der Waals surface area contributed by atoms with Crippen molar-refractivity contribution >= 4 is 44.9 Å². The molecule has 0 bridgehead atoms. The summed E-state index contributed by atoms with van der Waals surface area (Å²) in [5, 5.41) is 5.05. The van der Waals surface area contributed by atoms with Crippen LogP contribution in [0.2, 0.25) is 0 Å². The maximum atomic E-state index is 12.6. The van der Waals surface area contributed by atoms with E-state index in [1.165, 1.54) is 28.6 Å². The normalized spacial score (nSPS) is 15.9. The minimum Gasteiger partial charge on any atom is -0.492 e. The number of rotatable bonds is 6. The number of aromatic nitrogens is 2. The zero-order valence-corrected chi connectivity index (χ0v) is 18.6. The maximum absolute atomic E-state index is 12.6. The van der Waals surface area contributed by atoms with Gasteiger partial charge in [0.05, 0.1) is 18.0 Å². The van der Waals surface area contributed by atoms with Gasteiger partial charge in [-0.25, -0.2) is 9.97 Å². The van der Waals surface area contributed by atoms with E-state index in [4.69, 9.17) is 4.74 Å². The Labute approximate surface area is 179 Å². The van der Waals surface area contributed by atoms with Gasteiger partial charge < -0.3 is 10.1 Å². The number of nitrogens with zero attached hydrogens (tertiary/aromatic N) is 2. The minimum absolute atomic E-state index is 0.0655. The zero-order valence-electron chi connectivity index (χ0n) is 16.9. The molecular weight excluding hydrogens is 402 g/mol. The fraction of sp³-hybridized carbons (Fsp3) is 0.409. The molecule has 0 spiro atoms.